The van der Waals surface area contributed by atoms with Crippen molar-refractivity contribution < 1.29 is 15.2 Å². The van der Waals surface area contributed by atoms with E-state index in [4.69, 9.17) is 10.1 Å². The molecule has 0 saturated carbocycles. The first-order valence-corrected chi connectivity index (χ1v) is 9.74. The van der Waals surface area contributed by atoms with Crippen LogP contribution in [0.4, 0.5) is 0 Å². The Labute approximate surface area is 138 Å². The largest absolute Gasteiger partial charge is 0.221 e. The summed E-state index contributed by atoms with van der Waals surface area (Å²) in [6, 6.07) is 0. The van der Waals surface area contributed by atoms with Crippen LogP contribution in [0.15, 0.2) is 0 Å². The summed E-state index contributed by atoms with van der Waals surface area (Å²) < 4.78 is 0. The molecular formula is C19H40O3. The van der Waals surface area contributed by atoms with Crippen LogP contribution in [0.1, 0.15) is 117 Å². The van der Waals surface area contributed by atoms with Crippen molar-refractivity contribution >= 4 is 0 Å². The highest BCUT2D eigenvalue weighted by molar-refractivity contribution is 4.78. The molecule has 0 fully saturated rings. The van der Waals surface area contributed by atoms with Crippen molar-refractivity contribution in [3.05, 3.63) is 0 Å². The van der Waals surface area contributed by atoms with Gasteiger partial charge in [-0.2, -0.15) is 4.89 Å². The molecule has 0 rings (SSSR count). The summed E-state index contributed by atoms with van der Waals surface area (Å²) in [6.45, 7) is 6.58. The topological polar surface area (TPSA) is 38.7 Å². The van der Waals surface area contributed by atoms with E-state index in [-0.39, 0.29) is 5.60 Å². The average Bonchev–Trinajstić information content (AvgIpc) is 2.50. The predicted molar refractivity (Wildman–Crippen MR) is 93.8 cm³/mol. The maximum atomic E-state index is 8.69. The SMILES string of the molecule is CCCCCCCCCCCCC(CCC)(CCC)OOO. The maximum Gasteiger partial charge on any atom is 0.107 e. The third-order valence-corrected chi connectivity index (χ3v) is 4.61. The molecule has 1 N–H and O–H groups in total. The summed E-state index contributed by atoms with van der Waals surface area (Å²) in [7, 11) is 0. The minimum Gasteiger partial charge on any atom is -0.221 e. The van der Waals surface area contributed by atoms with E-state index in [1.165, 1.54) is 64.2 Å². The fourth-order valence-electron chi connectivity index (χ4n) is 3.42. The van der Waals surface area contributed by atoms with Crippen molar-refractivity contribution in [3.63, 3.8) is 0 Å². The van der Waals surface area contributed by atoms with Crippen molar-refractivity contribution in [1.29, 1.82) is 0 Å². The van der Waals surface area contributed by atoms with Crippen molar-refractivity contribution in [2.45, 2.75) is 123 Å². The van der Waals surface area contributed by atoms with Gasteiger partial charge in [0.1, 0.15) is 5.60 Å². The molecular weight excluding hydrogens is 276 g/mol. The summed E-state index contributed by atoms with van der Waals surface area (Å²) >= 11 is 0. The quantitative estimate of drug-likeness (QED) is 0.177. The third-order valence-electron chi connectivity index (χ3n) is 4.61. The van der Waals surface area contributed by atoms with Crippen molar-refractivity contribution in [1.82, 2.24) is 0 Å². The van der Waals surface area contributed by atoms with Crippen molar-refractivity contribution in [2.24, 2.45) is 0 Å². The van der Waals surface area contributed by atoms with Crippen LogP contribution in [0.5, 0.6) is 0 Å². The van der Waals surface area contributed by atoms with Crippen LogP contribution in [0.25, 0.3) is 0 Å². The third kappa shape index (κ3) is 11.4. The zero-order valence-electron chi connectivity index (χ0n) is 15.4. The van der Waals surface area contributed by atoms with Gasteiger partial charge in [0.25, 0.3) is 0 Å². The lowest BCUT2D eigenvalue weighted by molar-refractivity contribution is -0.528. The first-order valence-electron chi connectivity index (χ1n) is 9.74. The van der Waals surface area contributed by atoms with Gasteiger partial charge in [0, 0.05) is 0 Å². The Bertz CT molecular complexity index is 202. The van der Waals surface area contributed by atoms with Gasteiger partial charge in [-0.05, 0) is 19.3 Å². The molecule has 0 unspecified atom stereocenters. The summed E-state index contributed by atoms with van der Waals surface area (Å²) in [6.07, 6.45) is 18.5. The van der Waals surface area contributed by atoms with Crippen LogP contribution in [0.2, 0.25) is 0 Å². The minimum absolute atomic E-state index is 0.279. The molecule has 0 bridgehead atoms. The highest BCUT2D eigenvalue weighted by atomic mass is 17.5. The highest BCUT2D eigenvalue weighted by Gasteiger charge is 2.30. The molecule has 0 aromatic carbocycles. The van der Waals surface area contributed by atoms with Gasteiger partial charge in [0.05, 0.1) is 0 Å². The average molecular weight is 317 g/mol. The zero-order valence-corrected chi connectivity index (χ0v) is 15.4. The lowest BCUT2D eigenvalue weighted by atomic mass is 9.87. The van der Waals surface area contributed by atoms with Gasteiger partial charge in [0.2, 0.25) is 0 Å². The molecule has 0 saturated heterocycles. The van der Waals surface area contributed by atoms with Crippen LogP contribution in [0, 0.1) is 0 Å². The van der Waals surface area contributed by atoms with E-state index in [0.29, 0.717) is 0 Å². The van der Waals surface area contributed by atoms with E-state index in [9.17, 15) is 0 Å². The smallest absolute Gasteiger partial charge is 0.107 e. The van der Waals surface area contributed by atoms with Crippen molar-refractivity contribution in [2.75, 3.05) is 0 Å². The molecule has 0 heterocycles. The van der Waals surface area contributed by atoms with Crippen LogP contribution >= 0.6 is 0 Å². The molecule has 0 amide bonds. The van der Waals surface area contributed by atoms with Gasteiger partial charge in [0.15, 0.2) is 0 Å². The number of hydrogen-bond donors (Lipinski definition) is 1. The number of unbranched alkanes of at least 4 members (excludes halogenated alkanes) is 9. The highest BCUT2D eigenvalue weighted by Crippen LogP contribution is 2.30. The standard InChI is InChI=1S/C19H40O3/c1-4-7-8-9-10-11-12-13-14-15-18-19(16-5-2,17-6-3)21-22-20/h20H,4-18H2,1-3H3. The molecule has 0 aromatic heterocycles. The molecule has 0 aliphatic heterocycles. The first-order chi connectivity index (χ1) is 10.7. The van der Waals surface area contributed by atoms with Gasteiger partial charge < -0.3 is 0 Å². The molecule has 0 aliphatic rings. The van der Waals surface area contributed by atoms with E-state index in [1.807, 2.05) is 0 Å². The van der Waals surface area contributed by atoms with Gasteiger partial charge in [-0.25, -0.2) is 5.26 Å². The Morgan fingerprint density at radius 2 is 1.05 bits per heavy atom. The normalized spacial score (nSPS) is 12.0. The van der Waals surface area contributed by atoms with Gasteiger partial charge >= 0.3 is 0 Å². The molecule has 3 heteroatoms. The monoisotopic (exact) mass is 316 g/mol. The van der Waals surface area contributed by atoms with Gasteiger partial charge in [-0.1, -0.05) is 103 Å². The fraction of sp³-hybridized carbons (Fsp3) is 1.00. The second-order valence-corrected chi connectivity index (χ2v) is 6.77. The van der Waals surface area contributed by atoms with Crippen LogP contribution in [0.3, 0.4) is 0 Å². The predicted octanol–water partition coefficient (Wildman–Crippen LogP) is 7.06. The lowest BCUT2D eigenvalue weighted by Crippen LogP contribution is -2.32. The van der Waals surface area contributed by atoms with Gasteiger partial charge in [-0.3, -0.25) is 0 Å². The Kier molecular flexibility index (Phi) is 15.7. The van der Waals surface area contributed by atoms with E-state index >= 15 is 0 Å². The lowest BCUT2D eigenvalue weighted by Gasteiger charge is -2.30. The molecule has 0 spiro atoms. The first kappa shape index (κ1) is 21.9. The van der Waals surface area contributed by atoms with Crippen molar-refractivity contribution in [3.8, 4) is 0 Å². The summed E-state index contributed by atoms with van der Waals surface area (Å²) in [5, 5.41) is 12.7. The zero-order chi connectivity index (χ0) is 16.5. The van der Waals surface area contributed by atoms with E-state index in [0.717, 1.165) is 32.1 Å². The molecule has 0 aromatic rings. The molecule has 134 valence electrons. The Morgan fingerprint density at radius 3 is 1.45 bits per heavy atom. The second kappa shape index (κ2) is 15.8. The minimum atomic E-state index is -0.279. The second-order valence-electron chi connectivity index (χ2n) is 6.77. The maximum absolute atomic E-state index is 8.69. The molecule has 3 nitrogen and oxygen atoms in total. The Balaban J connectivity index is 3.70. The fourth-order valence-corrected chi connectivity index (χ4v) is 3.42. The molecule has 0 radical (unpaired) electrons. The summed E-state index contributed by atoms with van der Waals surface area (Å²) in [5.74, 6) is 0. The molecule has 22 heavy (non-hydrogen) atoms. The Morgan fingerprint density at radius 1 is 0.591 bits per heavy atom. The number of rotatable bonds is 17. The number of hydrogen-bond acceptors (Lipinski definition) is 3. The molecule has 0 aliphatic carbocycles. The summed E-state index contributed by atoms with van der Waals surface area (Å²) in [5.41, 5.74) is -0.279. The Hall–Kier alpha value is -0.120. The van der Waals surface area contributed by atoms with E-state index < -0.39 is 0 Å². The van der Waals surface area contributed by atoms with E-state index in [1.54, 1.807) is 0 Å². The van der Waals surface area contributed by atoms with Crippen LogP contribution in [-0.4, -0.2) is 10.9 Å². The van der Waals surface area contributed by atoms with E-state index in [2.05, 4.69) is 25.8 Å². The van der Waals surface area contributed by atoms with Gasteiger partial charge in [-0.15, -0.1) is 0 Å². The van der Waals surface area contributed by atoms with Crippen LogP contribution in [-0.2, 0) is 9.93 Å². The summed E-state index contributed by atoms with van der Waals surface area (Å²) in [4.78, 5) is 5.25. The van der Waals surface area contributed by atoms with Crippen LogP contribution < -0.4 is 0 Å². The molecule has 0 atom stereocenters.